The monoisotopic (exact) mass is 511 g/mol. The van der Waals surface area contributed by atoms with Crippen LogP contribution in [0.1, 0.15) is 46.4 Å². The molecule has 0 bridgehead atoms. The molecule has 3 heterocycles. The topological polar surface area (TPSA) is 102 Å². The van der Waals surface area contributed by atoms with E-state index in [1.54, 1.807) is 10.5 Å². The molecule has 0 spiro atoms. The Morgan fingerprint density at radius 2 is 1.84 bits per heavy atom. The van der Waals surface area contributed by atoms with Gasteiger partial charge < -0.3 is 10.3 Å². The molecule has 0 aliphatic carbocycles. The Bertz CT molecular complexity index is 1620. The molecule has 1 fully saturated rings. The van der Waals surface area contributed by atoms with Crippen molar-refractivity contribution < 1.29 is 8.42 Å². The first-order valence-corrected chi connectivity index (χ1v) is 13.9. The number of sulfonamides is 1. The van der Waals surface area contributed by atoms with Crippen LogP contribution in [0.4, 0.5) is 11.4 Å². The molecule has 8 heteroatoms. The smallest absolute Gasteiger partial charge is 0.218 e. The van der Waals surface area contributed by atoms with Crippen LogP contribution in [0.25, 0.3) is 23.1 Å². The number of hydrogen-bond donors (Lipinski definition) is 2. The second-order valence-corrected chi connectivity index (χ2v) is 11.4. The summed E-state index contributed by atoms with van der Waals surface area (Å²) in [7, 11) is -3.28. The van der Waals surface area contributed by atoms with E-state index in [0.29, 0.717) is 24.3 Å². The molecule has 0 saturated carbocycles. The Morgan fingerprint density at radius 3 is 2.57 bits per heavy atom. The number of aromatic amines is 1. The minimum absolute atomic E-state index is 0.0170. The number of aromatic nitrogens is 2. The Morgan fingerprint density at radius 1 is 1.08 bits per heavy atom. The summed E-state index contributed by atoms with van der Waals surface area (Å²) in [6, 6.07) is 15.9. The molecule has 1 aliphatic heterocycles. The summed E-state index contributed by atoms with van der Waals surface area (Å²) in [5.41, 5.74) is 7.56. The van der Waals surface area contributed by atoms with Gasteiger partial charge in [-0.1, -0.05) is 36.4 Å². The van der Waals surface area contributed by atoms with Crippen LogP contribution >= 0.6 is 0 Å². The number of H-pyrrole nitrogens is 1. The van der Waals surface area contributed by atoms with Gasteiger partial charge in [-0.3, -0.25) is 4.98 Å². The van der Waals surface area contributed by atoms with Crippen LogP contribution in [0.5, 0.6) is 0 Å². The van der Waals surface area contributed by atoms with Gasteiger partial charge in [-0.15, -0.1) is 0 Å². The van der Waals surface area contributed by atoms with Gasteiger partial charge >= 0.3 is 0 Å². The highest BCUT2D eigenvalue weighted by Crippen LogP contribution is 2.32. The quantitative estimate of drug-likeness (QED) is 0.322. The number of fused-ring (bicyclic) bond motifs is 1. The minimum Gasteiger partial charge on any atom is -0.361 e. The number of nitrogens with zero attached hydrogens (tertiary/aromatic N) is 3. The van der Waals surface area contributed by atoms with Crippen molar-refractivity contribution in [1.29, 1.82) is 5.26 Å². The summed E-state index contributed by atoms with van der Waals surface area (Å²) in [5.74, 6) is 0.0170. The highest BCUT2D eigenvalue weighted by molar-refractivity contribution is 7.88. The molecule has 0 radical (unpaired) electrons. The van der Waals surface area contributed by atoms with Gasteiger partial charge in [0.2, 0.25) is 10.0 Å². The molecule has 7 nitrogen and oxygen atoms in total. The molecule has 37 heavy (non-hydrogen) atoms. The number of rotatable bonds is 7. The van der Waals surface area contributed by atoms with Crippen LogP contribution < -0.4 is 5.32 Å². The molecule has 1 saturated heterocycles. The molecule has 1 aliphatic rings. The lowest BCUT2D eigenvalue weighted by Crippen LogP contribution is -2.29. The van der Waals surface area contributed by atoms with Crippen molar-refractivity contribution in [1.82, 2.24) is 14.3 Å². The van der Waals surface area contributed by atoms with Crippen molar-refractivity contribution in [2.45, 2.75) is 32.4 Å². The van der Waals surface area contributed by atoms with Gasteiger partial charge in [-0.25, -0.2) is 12.7 Å². The maximum atomic E-state index is 12.6. The SMILES string of the molecule is Cc1ncc(C#N)c(Nc2ccc3[nH]ccc3c2C)c1C=Cc1ccc(CS(=O)(=O)N2CCCC2)cc1. The average Bonchev–Trinajstić information content (AvgIpc) is 3.60. The summed E-state index contributed by atoms with van der Waals surface area (Å²) >= 11 is 0. The van der Waals surface area contributed by atoms with Crippen LogP contribution in [0, 0.1) is 25.2 Å². The van der Waals surface area contributed by atoms with Gasteiger partial charge in [0, 0.05) is 53.3 Å². The summed E-state index contributed by atoms with van der Waals surface area (Å²) in [5, 5.41) is 14.4. The highest BCUT2D eigenvalue weighted by Gasteiger charge is 2.25. The molecular formula is C29H29N5O2S. The standard InChI is InChI=1S/C29H29N5O2S/c1-20-25-13-14-31-28(25)12-11-27(20)33-29-24(17-30)18-32-21(2)26(29)10-9-22-5-7-23(8-6-22)19-37(35,36)34-15-3-4-16-34/h5-14,18,31H,3-4,15-16,19H2,1-2H3,(H,32,33). The van der Waals surface area contributed by atoms with E-state index >= 15 is 0 Å². The number of nitriles is 1. The molecule has 2 N–H and O–H groups in total. The average molecular weight is 512 g/mol. The molecular weight excluding hydrogens is 482 g/mol. The number of anilines is 2. The van der Waals surface area contributed by atoms with Crippen molar-refractivity contribution in [3.8, 4) is 6.07 Å². The van der Waals surface area contributed by atoms with E-state index in [1.165, 1.54) is 0 Å². The highest BCUT2D eigenvalue weighted by atomic mass is 32.2. The maximum Gasteiger partial charge on any atom is 0.218 e. The van der Waals surface area contributed by atoms with E-state index in [-0.39, 0.29) is 5.75 Å². The van der Waals surface area contributed by atoms with E-state index in [9.17, 15) is 13.7 Å². The summed E-state index contributed by atoms with van der Waals surface area (Å²) < 4.78 is 26.9. The van der Waals surface area contributed by atoms with E-state index in [0.717, 1.165) is 57.4 Å². The second kappa shape index (κ2) is 10.2. The molecule has 2 aromatic heterocycles. The molecule has 0 atom stereocenters. The third-order valence-corrected chi connectivity index (χ3v) is 8.78. The first-order chi connectivity index (χ1) is 17.9. The van der Waals surface area contributed by atoms with Crippen LogP contribution in [-0.4, -0.2) is 35.8 Å². The number of pyridine rings is 1. The lowest BCUT2D eigenvalue weighted by atomic mass is 10.0. The predicted molar refractivity (Wildman–Crippen MR) is 149 cm³/mol. The van der Waals surface area contributed by atoms with Crippen LogP contribution in [-0.2, 0) is 15.8 Å². The Balaban J connectivity index is 1.41. The van der Waals surface area contributed by atoms with Crippen molar-refractivity contribution in [2.24, 2.45) is 0 Å². The molecule has 188 valence electrons. The van der Waals surface area contributed by atoms with E-state index < -0.39 is 10.0 Å². The number of benzene rings is 2. The number of nitrogens with one attached hydrogen (secondary N) is 2. The molecule has 2 aromatic carbocycles. The lowest BCUT2D eigenvalue weighted by molar-refractivity contribution is 0.476. The van der Waals surface area contributed by atoms with E-state index in [2.05, 4.69) is 28.3 Å². The fourth-order valence-electron chi connectivity index (χ4n) is 4.77. The maximum absolute atomic E-state index is 12.6. The molecule has 4 aromatic rings. The largest absolute Gasteiger partial charge is 0.361 e. The van der Waals surface area contributed by atoms with Crippen LogP contribution in [0.3, 0.4) is 0 Å². The fourth-order valence-corrected chi connectivity index (χ4v) is 6.38. The van der Waals surface area contributed by atoms with Gasteiger partial charge in [0.1, 0.15) is 6.07 Å². The van der Waals surface area contributed by atoms with E-state index in [1.807, 2.05) is 67.7 Å². The Kier molecular flexibility index (Phi) is 6.83. The third kappa shape index (κ3) is 5.15. The van der Waals surface area contributed by atoms with Crippen molar-refractivity contribution in [2.75, 3.05) is 18.4 Å². The Labute approximate surface area is 217 Å². The zero-order valence-corrected chi connectivity index (χ0v) is 21.8. The van der Waals surface area contributed by atoms with Crippen molar-refractivity contribution in [3.05, 3.63) is 88.4 Å². The predicted octanol–water partition coefficient (Wildman–Crippen LogP) is 5.89. The lowest BCUT2D eigenvalue weighted by Gasteiger charge is -2.16. The Hall–Kier alpha value is -3.93. The number of aryl methyl sites for hydroxylation is 2. The van der Waals surface area contributed by atoms with Crippen molar-refractivity contribution >= 4 is 44.5 Å². The van der Waals surface area contributed by atoms with Crippen LogP contribution in [0.2, 0.25) is 0 Å². The molecule has 5 rings (SSSR count). The van der Waals surface area contributed by atoms with Gasteiger partial charge in [0.15, 0.2) is 0 Å². The zero-order chi connectivity index (χ0) is 26.0. The van der Waals surface area contributed by atoms with Crippen LogP contribution in [0.15, 0.2) is 54.9 Å². The van der Waals surface area contributed by atoms with Crippen molar-refractivity contribution in [3.63, 3.8) is 0 Å². The first kappa shape index (κ1) is 24.8. The van der Waals surface area contributed by atoms with E-state index in [4.69, 9.17) is 0 Å². The molecule has 0 unspecified atom stereocenters. The normalized spacial score (nSPS) is 14.4. The second-order valence-electron chi connectivity index (χ2n) is 9.40. The van der Waals surface area contributed by atoms with Gasteiger partial charge in [-0.05, 0) is 61.6 Å². The minimum atomic E-state index is -3.28. The zero-order valence-electron chi connectivity index (χ0n) is 21.0. The number of hydrogen-bond acceptors (Lipinski definition) is 5. The first-order valence-electron chi connectivity index (χ1n) is 12.3. The molecule has 0 amide bonds. The van der Waals surface area contributed by atoms with Gasteiger partial charge in [0.05, 0.1) is 17.0 Å². The summed E-state index contributed by atoms with van der Waals surface area (Å²) in [6.07, 6.45) is 9.28. The third-order valence-electron chi connectivity index (χ3n) is 6.93. The fraction of sp³-hybridized carbons (Fsp3) is 0.241. The van der Waals surface area contributed by atoms with Gasteiger partial charge in [-0.2, -0.15) is 5.26 Å². The summed E-state index contributed by atoms with van der Waals surface area (Å²) in [6.45, 7) is 5.21. The summed E-state index contributed by atoms with van der Waals surface area (Å²) in [4.78, 5) is 7.66. The van der Waals surface area contributed by atoms with Gasteiger partial charge in [0.25, 0.3) is 0 Å².